The summed E-state index contributed by atoms with van der Waals surface area (Å²) in [6, 6.07) is 7.90. The molecular formula is C10H16N2O. The highest BCUT2D eigenvalue weighted by molar-refractivity contribution is 5.27. The van der Waals surface area contributed by atoms with Gasteiger partial charge in [-0.2, -0.15) is 0 Å². The van der Waals surface area contributed by atoms with E-state index in [2.05, 4.69) is 5.43 Å². The topological polar surface area (TPSA) is 47.3 Å². The highest BCUT2D eigenvalue weighted by Crippen LogP contribution is 2.13. The van der Waals surface area contributed by atoms with E-state index in [0.29, 0.717) is 6.54 Å². The van der Waals surface area contributed by atoms with Crippen LogP contribution < -0.4 is 16.0 Å². The lowest BCUT2D eigenvalue weighted by Gasteiger charge is -2.09. The quantitative estimate of drug-likeness (QED) is 0.544. The predicted molar refractivity (Wildman–Crippen MR) is 53.2 cm³/mol. The summed E-state index contributed by atoms with van der Waals surface area (Å²) in [6.45, 7) is 4.70. The van der Waals surface area contributed by atoms with E-state index in [0.717, 1.165) is 11.3 Å². The summed E-state index contributed by atoms with van der Waals surface area (Å²) < 4.78 is 5.50. The summed E-state index contributed by atoms with van der Waals surface area (Å²) in [4.78, 5) is 0. The number of nitrogens with one attached hydrogen (secondary N) is 1. The van der Waals surface area contributed by atoms with Crippen LogP contribution in [0, 0.1) is 0 Å². The number of rotatable bonds is 4. The zero-order valence-electron chi connectivity index (χ0n) is 8.08. The second kappa shape index (κ2) is 4.84. The first-order valence-corrected chi connectivity index (χ1v) is 4.41. The van der Waals surface area contributed by atoms with E-state index < -0.39 is 0 Å². The standard InChI is InChI=1S/C10H16N2O/c1-8(2)13-10-5-3-9(4-6-10)7-12-11/h3-6,8,12H,7,11H2,1-2H3. The van der Waals surface area contributed by atoms with E-state index in [4.69, 9.17) is 10.6 Å². The first kappa shape index (κ1) is 10.0. The maximum atomic E-state index is 5.50. The lowest BCUT2D eigenvalue weighted by Crippen LogP contribution is -2.20. The average molecular weight is 180 g/mol. The number of nitrogens with two attached hydrogens (primary N) is 1. The second-order valence-corrected chi connectivity index (χ2v) is 3.19. The van der Waals surface area contributed by atoms with Gasteiger partial charge in [0.15, 0.2) is 0 Å². The Labute approximate surface area is 78.9 Å². The summed E-state index contributed by atoms with van der Waals surface area (Å²) in [7, 11) is 0. The van der Waals surface area contributed by atoms with Crippen molar-refractivity contribution in [2.45, 2.75) is 26.5 Å². The van der Waals surface area contributed by atoms with Gasteiger partial charge in [-0.3, -0.25) is 11.3 Å². The molecule has 1 rings (SSSR count). The Morgan fingerprint density at radius 2 is 1.92 bits per heavy atom. The highest BCUT2D eigenvalue weighted by Gasteiger charge is 1.96. The molecule has 0 heterocycles. The first-order chi connectivity index (χ1) is 6.22. The molecule has 0 atom stereocenters. The molecule has 0 aliphatic carbocycles. The molecule has 1 aromatic carbocycles. The van der Waals surface area contributed by atoms with Crippen LogP contribution in [0.15, 0.2) is 24.3 Å². The Bertz CT molecular complexity index is 244. The minimum absolute atomic E-state index is 0.221. The largest absolute Gasteiger partial charge is 0.491 e. The van der Waals surface area contributed by atoms with Crippen LogP contribution in [-0.2, 0) is 6.54 Å². The number of hydrazine groups is 1. The van der Waals surface area contributed by atoms with Crippen molar-refractivity contribution in [1.82, 2.24) is 5.43 Å². The molecule has 0 spiro atoms. The maximum Gasteiger partial charge on any atom is 0.119 e. The van der Waals surface area contributed by atoms with Gasteiger partial charge in [-0.15, -0.1) is 0 Å². The van der Waals surface area contributed by atoms with Crippen molar-refractivity contribution in [2.24, 2.45) is 5.84 Å². The molecule has 3 heteroatoms. The fraction of sp³-hybridized carbons (Fsp3) is 0.400. The Kier molecular flexibility index (Phi) is 3.73. The number of hydrogen-bond acceptors (Lipinski definition) is 3. The fourth-order valence-electron chi connectivity index (χ4n) is 1.08. The lowest BCUT2D eigenvalue weighted by molar-refractivity contribution is 0.242. The number of ether oxygens (including phenoxy) is 1. The average Bonchev–Trinajstić information content (AvgIpc) is 2.08. The fourth-order valence-corrected chi connectivity index (χ4v) is 1.08. The Morgan fingerprint density at radius 1 is 1.31 bits per heavy atom. The summed E-state index contributed by atoms with van der Waals surface area (Å²) >= 11 is 0. The maximum absolute atomic E-state index is 5.50. The van der Waals surface area contributed by atoms with Crippen LogP contribution in [0.3, 0.4) is 0 Å². The Hall–Kier alpha value is -1.06. The molecule has 3 nitrogen and oxygen atoms in total. The number of benzene rings is 1. The van der Waals surface area contributed by atoms with E-state index in [1.165, 1.54) is 0 Å². The normalized spacial score (nSPS) is 10.5. The van der Waals surface area contributed by atoms with Gasteiger partial charge in [-0.25, -0.2) is 0 Å². The molecule has 0 fully saturated rings. The van der Waals surface area contributed by atoms with Crippen molar-refractivity contribution in [3.8, 4) is 5.75 Å². The molecule has 0 amide bonds. The molecule has 1 aromatic rings. The molecule has 0 saturated heterocycles. The van der Waals surface area contributed by atoms with Crippen LogP contribution in [0.4, 0.5) is 0 Å². The smallest absolute Gasteiger partial charge is 0.119 e. The summed E-state index contributed by atoms with van der Waals surface area (Å²) in [5.74, 6) is 6.10. The van der Waals surface area contributed by atoms with E-state index >= 15 is 0 Å². The van der Waals surface area contributed by atoms with Gasteiger partial charge in [0.2, 0.25) is 0 Å². The molecule has 0 aromatic heterocycles. The van der Waals surface area contributed by atoms with Gasteiger partial charge in [0, 0.05) is 6.54 Å². The van der Waals surface area contributed by atoms with Gasteiger partial charge >= 0.3 is 0 Å². The van der Waals surface area contributed by atoms with Crippen LogP contribution in [0.2, 0.25) is 0 Å². The van der Waals surface area contributed by atoms with Gasteiger partial charge in [-0.1, -0.05) is 12.1 Å². The molecule has 3 N–H and O–H groups in total. The van der Waals surface area contributed by atoms with Crippen molar-refractivity contribution >= 4 is 0 Å². The van der Waals surface area contributed by atoms with E-state index in [-0.39, 0.29) is 6.10 Å². The predicted octanol–water partition coefficient (Wildman–Crippen LogP) is 1.44. The Balaban J connectivity index is 2.59. The van der Waals surface area contributed by atoms with Gasteiger partial charge < -0.3 is 4.74 Å². The summed E-state index contributed by atoms with van der Waals surface area (Å²) in [6.07, 6.45) is 0.221. The first-order valence-electron chi connectivity index (χ1n) is 4.41. The van der Waals surface area contributed by atoms with Gasteiger partial charge in [0.25, 0.3) is 0 Å². The van der Waals surface area contributed by atoms with Crippen LogP contribution in [0.25, 0.3) is 0 Å². The van der Waals surface area contributed by atoms with Crippen LogP contribution >= 0.6 is 0 Å². The summed E-state index contributed by atoms with van der Waals surface area (Å²) in [5.41, 5.74) is 3.75. The van der Waals surface area contributed by atoms with Crippen molar-refractivity contribution in [1.29, 1.82) is 0 Å². The molecule has 0 unspecified atom stereocenters. The van der Waals surface area contributed by atoms with Gasteiger partial charge in [0.05, 0.1) is 6.10 Å². The third kappa shape index (κ3) is 3.44. The third-order valence-corrected chi connectivity index (χ3v) is 1.60. The van der Waals surface area contributed by atoms with Crippen molar-refractivity contribution in [3.05, 3.63) is 29.8 Å². The molecule has 0 bridgehead atoms. The van der Waals surface area contributed by atoms with Crippen molar-refractivity contribution in [3.63, 3.8) is 0 Å². The van der Waals surface area contributed by atoms with Crippen LogP contribution in [-0.4, -0.2) is 6.10 Å². The molecule has 0 aliphatic heterocycles. The zero-order valence-corrected chi connectivity index (χ0v) is 8.08. The molecular weight excluding hydrogens is 164 g/mol. The van der Waals surface area contributed by atoms with E-state index in [9.17, 15) is 0 Å². The molecule has 0 saturated carbocycles. The third-order valence-electron chi connectivity index (χ3n) is 1.60. The molecule has 13 heavy (non-hydrogen) atoms. The van der Waals surface area contributed by atoms with Crippen molar-refractivity contribution < 1.29 is 4.74 Å². The minimum atomic E-state index is 0.221. The van der Waals surface area contributed by atoms with Crippen LogP contribution in [0.5, 0.6) is 5.75 Å². The van der Waals surface area contributed by atoms with Gasteiger partial charge in [0.1, 0.15) is 5.75 Å². The molecule has 0 radical (unpaired) electrons. The highest BCUT2D eigenvalue weighted by atomic mass is 16.5. The zero-order chi connectivity index (χ0) is 9.68. The van der Waals surface area contributed by atoms with Crippen LogP contribution in [0.1, 0.15) is 19.4 Å². The molecule has 0 aliphatic rings. The SMILES string of the molecule is CC(C)Oc1ccc(CNN)cc1. The molecule has 72 valence electrons. The summed E-state index contributed by atoms with van der Waals surface area (Å²) in [5, 5.41) is 0. The lowest BCUT2D eigenvalue weighted by atomic mass is 10.2. The monoisotopic (exact) mass is 180 g/mol. The minimum Gasteiger partial charge on any atom is -0.491 e. The van der Waals surface area contributed by atoms with E-state index in [1.54, 1.807) is 0 Å². The number of hydrogen-bond donors (Lipinski definition) is 2. The van der Waals surface area contributed by atoms with Gasteiger partial charge in [-0.05, 0) is 31.5 Å². The second-order valence-electron chi connectivity index (χ2n) is 3.19. The van der Waals surface area contributed by atoms with E-state index in [1.807, 2.05) is 38.1 Å². The Morgan fingerprint density at radius 3 is 2.38 bits per heavy atom. The van der Waals surface area contributed by atoms with Crippen molar-refractivity contribution in [2.75, 3.05) is 0 Å².